The number of rotatable bonds is 2. The third kappa shape index (κ3) is 3.83. The normalized spacial score (nSPS) is 19.6. The van der Waals surface area contributed by atoms with E-state index in [0.29, 0.717) is 15.0 Å². The number of hydrogen-bond donors (Lipinski definition) is 0. The van der Waals surface area contributed by atoms with E-state index in [4.69, 9.17) is 6.58 Å². The van der Waals surface area contributed by atoms with E-state index in [2.05, 4.69) is 0 Å². The van der Waals surface area contributed by atoms with Crippen LogP contribution in [0.5, 0.6) is 0 Å². The Bertz CT molecular complexity index is 87.3. The molecule has 2 heteroatoms. The molecular weight excluding hydrogens is 239 g/mol. The Morgan fingerprint density at radius 3 is 2.30 bits per heavy atom. The van der Waals surface area contributed by atoms with Gasteiger partial charge in [0.2, 0.25) is 0 Å². The van der Waals surface area contributed by atoms with Gasteiger partial charge in [0.1, 0.15) is 0 Å². The molecule has 0 N–H and O–H groups in total. The second-order valence-corrected chi connectivity index (χ2v) is 5.07. The third-order valence-corrected chi connectivity index (χ3v) is 3.95. The van der Waals surface area contributed by atoms with Crippen molar-refractivity contribution < 1.29 is 17.1 Å². The summed E-state index contributed by atoms with van der Waals surface area (Å²) in [6, 6.07) is 0. The van der Waals surface area contributed by atoms with Crippen molar-refractivity contribution in [3.63, 3.8) is 0 Å². The summed E-state index contributed by atoms with van der Waals surface area (Å²) >= 11 is 0.639. The van der Waals surface area contributed by atoms with Crippen LogP contribution in [0.4, 0.5) is 0 Å². The van der Waals surface area contributed by atoms with E-state index >= 15 is 0 Å². The van der Waals surface area contributed by atoms with Gasteiger partial charge in [-0.2, -0.15) is 0 Å². The summed E-state index contributed by atoms with van der Waals surface area (Å²) in [5.74, 6) is 0. The molecular formula is C8H13CuSe. The van der Waals surface area contributed by atoms with Gasteiger partial charge >= 0.3 is 80.5 Å². The van der Waals surface area contributed by atoms with E-state index in [-0.39, 0.29) is 17.1 Å². The first-order valence-electron chi connectivity index (χ1n) is 3.62. The molecule has 0 saturated heterocycles. The van der Waals surface area contributed by atoms with Gasteiger partial charge in [0.25, 0.3) is 0 Å². The van der Waals surface area contributed by atoms with Crippen LogP contribution in [0.3, 0.4) is 0 Å². The monoisotopic (exact) mass is 252 g/mol. The molecule has 0 aromatic rings. The molecule has 10 heavy (non-hydrogen) atoms. The Labute approximate surface area is 80.5 Å². The molecule has 62 valence electrons. The van der Waals surface area contributed by atoms with Gasteiger partial charge in [-0.3, -0.25) is 0 Å². The summed E-state index contributed by atoms with van der Waals surface area (Å²) < 4.78 is 0. The van der Waals surface area contributed by atoms with Gasteiger partial charge in [-0.1, -0.05) is 0 Å². The minimum atomic E-state index is 0. The summed E-state index contributed by atoms with van der Waals surface area (Å²) in [5, 5.41) is 0. The molecule has 0 heterocycles. The molecule has 0 atom stereocenters. The Kier molecular flexibility index (Phi) is 6.99. The Morgan fingerprint density at radius 1 is 1.20 bits per heavy atom. The largest absolute Gasteiger partial charge is 1.00 e. The van der Waals surface area contributed by atoms with E-state index in [1.807, 2.05) is 4.97 Å². The molecule has 1 fully saturated rings. The predicted molar refractivity (Wildman–Crippen MR) is 41.5 cm³/mol. The maximum absolute atomic E-state index is 5.36. The molecule has 1 aliphatic rings. The van der Waals surface area contributed by atoms with Crippen molar-refractivity contribution in [3.05, 3.63) is 11.6 Å². The molecule has 0 bridgehead atoms. The first-order valence-corrected chi connectivity index (χ1v) is 5.60. The maximum Gasteiger partial charge on any atom is 1.00 e. The van der Waals surface area contributed by atoms with Crippen molar-refractivity contribution in [2.24, 2.45) is 0 Å². The quantitative estimate of drug-likeness (QED) is 0.522. The van der Waals surface area contributed by atoms with Gasteiger partial charge in [-0.05, 0) is 0 Å². The average Bonchev–Trinajstić information content (AvgIpc) is 1.91. The molecule has 0 aromatic heterocycles. The molecule has 0 amide bonds. The van der Waals surface area contributed by atoms with Gasteiger partial charge < -0.3 is 0 Å². The van der Waals surface area contributed by atoms with Gasteiger partial charge in [0.05, 0.1) is 0 Å². The van der Waals surface area contributed by atoms with Crippen molar-refractivity contribution in [3.8, 4) is 0 Å². The summed E-state index contributed by atoms with van der Waals surface area (Å²) in [4.78, 5) is 2.86. The fourth-order valence-corrected chi connectivity index (χ4v) is 3.05. The Balaban J connectivity index is 0.000000810. The fourth-order valence-electron chi connectivity index (χ4n) is 1.31. The zero-order valence-electron chi connectivity index (χ0n) is 5.98. The SMILES string of the molecule is [CH-]=C[Se]C1CCCCC1.[Cu+]. The van der Waals surface area contributed by atoms with Gasteiger partial charge in [0, 0.05) is 0 Å². The van der Waals surface area contributed by atoms with Crippen molar-refractivity contribution in [1.29, 1.82) is 0 Å². The van der Waals surface area contributed by atoms with Crippen molar-refractivity contribution >= 4 is 15.0 Å². The van der Waals surface area contributed by atoms with Crippen LogP contribution in [0.1, 0.15) is 32.1 Å². The van der Waals surface area contributed by atoms with Crippen LogP contribution < -0.4 is 0 Å². The van der Waals surface area contributed by atoms with Crippen LogP contribution in [-0.2, 0) is 17.1 Å². The second kappa shape index (κ2) is 6.49. The second-order valence-electron chi connectivity index (χ2n) is 2.53. The van der Waals surface area contributed by atoms with Crippen LogP contribution in [-0.4, -0.2) is 15.0 Å². The minimum Gasteiger partial charge on any atom is 1.00 e. The maximum atomic E-state index is 5.36. The van der Waals surface area contributed by atoms with Crippen LogP contribution in [0.2, 0.25) is 4.82 Å². The summed E-state index contributed by atoms with van der Waals surface area (Å²) in [5.41, 5.74) is 0. The molecule has 0 aromatic carbocycles. The van der Waals surface area contributed by atoms with Gasteiger partial charge in [-0.25, -0.2) is 0 Å². The average molecular weight is 252 g/mol. The van der Waals surface area contributed by atoms with E-state index in [9.17, 15) is 0 Å². The van der Waals surface area contributed by atoms with Crippen LogP contribution in [0, 0.1) is 6.58 Å². The summed E-state index contributed by atoms with van der Waals surface area (Å²) in [6.07, 6.45) is 7.22. The zero-order chi connectivity index (χ0) is 6.53. The molecule has 0 radical (unpaired) electrons. The first kappa shape index (κ1) is 10.8. The third-order valence-electron chi connectivity index (χ3n) is 1.82. The van der Waals surface area contributed by atoms with Gasteiger partial charge in [0.15, 0.2) is 0 Å². The van der Waals surface area contributed by atoms with Crippen molar-refractivity contribution in [2.45, 2.75) is 36.9 Å². The van der Waals surface area contributed by atoms with E-state index in [1.54, 1.807) is 0 Å². The van der Waals surface area contributed by atoms with Crippen LogP contribution in [0.15, 0.2) is 4.97 Å². The molecule has 1 rings (SSSR count). The first-order chi connectivity index (χ1) is 4.43. The smallest absolute Gasteiger partial charge is 1.00 e. The minimum absolute atomic E-state index is 0. The standard InChI is InChI=1S/C8H13Se.Cu/c1-2-9-8-6-4-3-5-7-8;/h1-2,8H,3-7H2;/q-1;+1. The zero-order valence-corrected chi connectivity index (χ0v) is 8.63. The van der Waals surface area contributed by atoms with Crippen molar-refractivity contribution in [2.75, 3.05) is 0 Å². The van der Waals surface area contributed by atoms with Crippen LogP contribution in [0.25, 0.3) is 0 Å². The van der Waals surface area contributed by atoms with E-state index in [0.717, 1.165) is 4.82 Å². The molecule has 0 spiro atoms. The molecule has 0 aliphatic heterocycles. The summed E-state index contributed by atoms with van der Waals surface area (Å²) in [6.45, 7) is 5.36. The molecule has 0 nitrogen and oxygen atoms in total. The Morgan fingerprint density at radius 2 is 1.80 bits per heavy atom. The van der Waals surface area contributed by atoms with E-state index in [1.165, 1.54) is 32.1 Å². The van der Waals surface area contributed by atoms with Crippen LogP contribution >= 0.6 is 0 Å². The topological polar surface area (TPSA) is 0 Å². The molecule has 1 aliphatic carbocycles. The molecule has 1 saturated carbocycles. The summed E-state index contributed by atoms with van der Waals surface area (Å²) in [7, 11) is 0. The fraction of sp³-hybridized carbons (Fsp3) is 0.750. The number of hydrogen-bond acceptors (Lipinski definition) is 0. The van der Waals surface area contributed by atoms with Gasteiger partial charge in [-0.15, -0.1) is 0 Å². The molecule has 0 unspecified atom stereocenters. The Hall–Kier alpha value is 0.779. The van der Waals surface area contributed by atoms with Crippen molar-refractivity contribution in [1.82, 2.24) is 0 Å². The van der Waals surface area contributed by atoms with E-state index < -0.39 is 0 Å². The predicted octanol–water partition coefficient (Wildman–Crippen LogP) is 2.39.